The highest BCUT2D eigenvalue weighted by molar-refractivity contribution is 6.28. The van der Waals surface area contributed by atoms with Gasteiger partial charge in [-0.25, -0.2) is 9.97 Å². The lowest BCUT2D eigenvalue weighted by Gasteiger charge is -1.97. The number of anilines is 1. The number of nitrogens with two attached hydrogens (primary N) is 1. The van der Waals surface area contributed by atoms with E-state index in [1.165, 1.54) is 0 Å². The van der Waals surface area contributed by atoms with E-state index in [4.69, 9.17) is 17.3 Å². The molecule has 60 valence electrons. The van der Waals surface area contributed by atoms with Gasteiger partial charge < -0.3 is 5.73 Å². The largest absolute Gasteiger partial charge is 0.399 e. The average molecular weight is 180 g/mol. The average Bonchev–Trinajstić information content (AvgIpc) is 2.05. The molecule has 12 heavy (non-hydrogen) atoms. The summed E-state index contributed by atoms with van der Waals surface area (Å²) in [5.74, 6) is 0. The fourth-order valence-electron chi connectivity index (χ4n) is 1.03. The molecule has 2 aromatic rings. The monoisotopic (exact) mass is 179 g/mol. The number of hydrogen-bond acceptors (Lipinski definition) is 3. The van der Waals surface area contributed by atoms with Gasteiger partial charge >= 0.3 is 0 Å². The first kappa shape index (κ1) is 7.31. The van der Waals surface area contributed by atoms with Crippen LogP contribution in [-0.2, 0) is 0 Å². The summed E-state index contributed by atoms with van der Waals surface area (Å²) in [5, 5.41) is 1.16. The molecule has 0 unspecified atom stereocenters. The van der Waals surface area contributed by atoms with Crippen LogP contribution in [-0.4, -0.2) is 9.97 Å². The third-order valence-corrected chi connectivity index (χ3v) is 1.76. The Morgan fingerprint density at radius 2 is 2.17 bits per heavy atom. The Morgan fingerprint density at radius 3 is 3.00 bits per heavy atom. The molecule has 4 heteroatoms. The van der Waals surface area contributed by atoms with Gasteiger partial charge in [0.15, 0.2) is 0 Å². The lowest BCUT2D eigenvalue weighted by molar-refractivity contribution is 1.22. The molecule has 0 aliphatic carbocycles. The fraction of sp³-hybridized carbons (Fsp3) is 0. The van der Waals surface area contributed by atoms with E-state index in [2.05, 4.69) is 9.97 Å². The molecule has 0 saturated heterocycles. The molecular formula is C8H6ClN3. The summed E-state index contributed by atoms with van der Waals surface area (Å²) < 4.78 is 0. The number of benzene rings is 1. The van der Waals surface area contributed by atoms with Crippen molar-refractivity contribution in [1.82, 2.24) is 9.97 Å². The second-order valence-electron chi connectivity index (χ2n) is 2.46. The standard InChI is InChI=1S/C8H6ClN3/c9-8-11-4-5-3-6(10)1-2-7(5)12-8/h1-4H,10H2. The molecule has 0 spiro atoms. The molecule has 1 aromatic heterocycles. The predicted octanol–water partition coefficient (Wildman–Crippen LogP) is 1.87. The minimum Gasteiger partial charge on any atom is -0.399 e. The molecule has 0 radical (unpaired) electrons. The van der Waals surface area contributed by atoms with Crippen molar-refractivity contribution in [2.24, 2.45) is 0 Å². The molecule has 0 aliphatic heterocycles. The molecule has 1 aromatic carbocycles. The number of nitrogen functional groups attached to an aromatic ring is 1. The number of nitrogens with zero attached hydrogens (tertiary/aromatic N) is 2. The quantitative estimate of drug-likeness (QED) is 0.496. The zero-order valence-electron chi connectivity index (χ0n) is 6.16. The van der Waals surface area contributed by atoms with Crippen molar-refractivity contribution in [3.05, 3.63) is 29.7 Å². The van der Waals surface area contributed by atoms with E-state index >= 15 is 0 Å². The third kappa shape index (κ3) is 1.19. The maximum Gasteiger partial charge on any atom is 0.222 e. The van der Waals surface area contributed by atoms with Gasteiger partial charge in [-0.05, 0) is 29.8 Å². The molecule has 2 N–H and O–H groups in total. The van der Waals surface area contributed by atoms with Crippen LogP contribution in [0.5, 0.6) is 0 Å². The molecule has 0 amide bonds. The van der Waals surface area contributed by atoms with Crippen LogP contribution in [0.15, 0.2) is 24.4 Å². The van der Waals surface area contributed by atoms with Gasteiger partial charge in [0.05, 0.1) is 5.52 Å². The van der Waals surface area contributed by atoms with Crippen LogP contribution in [0.1, 0.15) is 0 Å². The molecule has 3 nitrogen and oxygen atoms in total. The van der Waals surface area contributed by atoms with E-state index in [1.54, 1.807) is 12.3 Å². The molecule has 0 saturated carbocycles. The Balaban J connectivity index is 2.79. The Labute approximate surface area is 74.2 Å². The third-order valence-electron chi connectivity index (χ3n) is 1.57. The Hall–Kier alpha value is -1.35. The molecular weight excluding hydrogens is 174 g/mol. The Bertz CT molecular complexity index is 386. The van der Waals surface area contributed by atoms with Gasteiger partial charge in [-0.15, -0.1) is 0 Å². The highest BCUT2D eigenvalue weighted by Gasteiger charge is 1.96. The molecule has 2 rings (SSSR count). The summed E-state index contributed by atoms with van der Waals surface area (Å²) in [7, 11) is 0. The second-order valence-corrected chi connectivity index (χ2v) is 2.80. The predicted molar refractivity (Wildman–Crippen MR) is 49.0 cm³/mol. The number of halogens is 1. The second kappa shape index (κ2) is 2.60. The highest BCUT2D eigenvalue weighted by atomic mass is 35.5. The SMILES string of the molecule is Nc1ccc2nc(Cl)ncc2c1. The van der Waals surface area contributed by atoms with Gasteiger partial charge in [-0.1, -0.05) is 0 Å². The zero-order valence-corrected chi connectivity index (χ0v) is 6.92. The van der Waals surface area contributed by atoms with Crippen molar-refractivity contribution in [2.45, 2.75) is 0 Å². The lowest BCUT2D eigenvalue weighted by atomic mass is 10.2. The summed E-state index contributed by atoms with van der Waals surface area (Å²) >= 11 is 5.60. The number of rotatable bonds is 0. The summed E-state index contributed by atoms with van der Waals surface area (Å²) in [6, 6.07) is 5.41. The van der Waals surface area contributed by atoms with Gasteiger partial charge in [0.1, 0.15) is 0 Å². The van der Waals surface area contributed by atoms with Crippen molar-refractivity contribution in [1.29, 1.82) is 0 Å². The van der Waals surface area contributed by atoms with E-state index in [-0.39, 0.29) is 5.28 Å². The first-order valence-corrected chi connectivity index (χ1v) is 3.81. The van der Waals surface area contributed by atoms with E-state index in [0.29, 0.717) is 5.69 Å². The molecule has 0 atom stereocenters. The number of fused-ring (bicyclic) bond motifs is 1. The van der Waals surface area contributed by atoms with Gasteiger partial charge in [0.2, 0.25) is 5.28 Å². The highest BCUT2D eigenvalue weighted by Crippen LogP contribution is 2.15. The van der Waals surface area contributed by atoms with Gasteiger partial charge in [-0.2, -0.15) is 0 Å². The van der Waals surface area contributed by atoms with Crippen LogP contribution < -0.4 is 5.73 Å². The molecule has 0 fully saturated rings. The summed E-state index contributed by atoms with van der Waals surface area (Å²) in [6.07, 6.45) is 1.65. The van der Waals surface area contributed by atoms with Crippen molar-refractivity contribution in [3.8, 4) is 0 Å². The Kier molecular flexibility index (Phi) is 1.59. The Morgan fingerprint density at radius 1 is 1.33 bits per heavy atom. The van der Waals surface area contributed by atoms with Crippen LogP contribution >= 0.6 is 11.6 Å². The van der Waals surface area contributed by atoms with Crippen molar-refractivity contribution in [2.75, 3.05) is 5.73 Å². The minimum absolute atomic E-state index is 0.257. The number of aromatic nitrogens is 2. The van der Waals surface area contributed by atoms with Crippen LogP contribution in [0.4, 0.5) is 5.69 Å². The van der Waals surface area contributed by atoms with Crippen molar-refractivity contribution >= 4 is 28.2 Å². The van der Waals surface area contributed by atoms with Gasteiger partial charge in [0, 0.05) is 17.3 Å². The molecule has 1 heterocycles. The number of hydrogen-bond donors (Lipinski definition) is 1. The van der Waals surface area contributed by atoms with E-state index in [1.807, 2.05) is 12.1 Å². The fourth-order valence-corrected chi connectivity index (χ4v) is 1.17. The van der Waals surface area contributed by atoms with Crippen LogP contribution in [0.3, 0.4) is 0 Å². The van der Waals surface area contributed by atoms with E-state index in [0.717, 1.165) is 10.9 Å². The van der Waals surface area contributed by atoms with Crippen molar-refractivity contribution in [3.63, 3.8) is 0 Å². The normalized spacial score (nSPS) is 10.4. The van der Waals surface area contributed by atoms with Crippen LogP contribution in [0.2, 0.25) is 5.28 Å². The first-order valence-electron chi connectivity index (χ1n) is 3.43. The van der Waals surface area contributed by atoms with Gasteiger partial charge in [0.25, 0.3) is 0 Å². The zero-order chi connectivity index (χ0) is 8.55. The van der Waals surface area contributed by atoms with Crippen LogP contribution in [0.25, 0.3) is 10.9 Å². The summed E-state index contributed by atoms with van der Waals surface area (Å²) in [5.41, 5.74) is 7.09. The maximum absolute atomic E-state index is 5.60. The topological polar surface area (TPSA) is 51.8 Å². The smallest absolute Gasteiger partial charge is 0.222 e. The minimum atomic E-state index is 0.257. The van der Waals surface area contributed by atoms with Crippen molar-refractivity contribution < 1.29 is 0 Å². The van der Waals surface area contributed by atoms with Gasteiger partial charge in [-0.3, -0.25) is 0 Å². The summed E-state index contributed by atoms with van der Waals surface area (Å²) in [4.78, 5) is 7.86. The molecule has 0 bridgehead atoms. The molecule has 0 aliphatic rings. The maximum atomic E-state index is 5.60. The lowest BCUT2D eigenvalue weighted by Crippen LogP contribution is -1.87. The van der Waals surface area contributed by atoms with E-state index < -0.39 is 0 Å². The first-order chi connectivity index (χ1) is 5.75. The van der Waals surface area contributed by atoms with E-state index in [9.17, 15) is 0 Å². The summed E-state index contributed by atoms with van der Waals surface area (Å²) in [6.45, 7) is 0. The van der Waals surface area contributed by atoms with Crippen LogP contribution in [0, 0.1) is 0 Å².